The Morgan fingerprint density at radius 1 is 1.23 bits per heavy atom. The van der Waals surface area contributed by atoms with Crippen molar-refractivity contribution >= 4 is 24.0 Å². The minimum atomic E-state index is -0.871. The van der Waals surface area contributed by atoms with Crippen molar-refractivity contribution in [1.29, 1.82) is 0 Å². The fourth-order valence-electron chi connectivity index (χ4n) is 4.53. The van der Waals surface area contributed by atoms with Crippen LogP contribution in [0.3, 0.4) is 0 Å². The fraction of sp³-hybridized carbons (Fsp3) is 0.455. The number of imide groups is 1. The molecule has 1 aromatic rings. The van der Waals surface area contributed by atoms with Crippen LogP contribution in [0, 0.1) is 23.7 Å². The molecule has 2 fully saturated rings. The van der Waals surface area contributed by atoms with Crippen molar-refractivity contribution in [2.45, 2.75) is 26.4 Å². The highest BCUT2D eigenvalue weighted by Crippen LogP contribution is 2.52. The van der Waals surface area contributed by atoms with Gasteiger partial charge in [-0.2, -0.15) is 10.1 Å². The van der Waals surface area contributed by atoms with Crippen LogP contribution in [0.1, 0.15) is 25.8 Å². The van der Waals surface area contributed by atoms with Crippen molar-refractivity contribution in [2.75, 3.05) is 13.7 Å². The number of para-hydroxylation sites is 1. The Hall–Kier alpha value is -3.16. The Balaban J connectivity index is 1.57. The largest absolute Gasteiger partial charge is 0.493 e. The number of hydrazone groups is 1. The van der Waals surface area contributed by atoms with Crippen molar-refractivity contribution in [3.63, 3.8) is 0 Å². The van der Waals surface area contributed by atoms with Crippen LogP contribution >= 0.6 is 0 Å². The summed E-state index contributed by atoms with van der Waals surface area (Å²) in [6, 6.07) is 5.12. The topological polar surface area (TPSA) is 94.5 Å². The van der Waals surface area contributed by atoms with Crippen LogP contribution in [-0.4, -0.2) is 48.8 Å². The van der Waals surface area contributed by atoms with Gasteiger partial charge in [0, 0.05) is 5.56 Å². The second-order valence-corrected chi connectivity index (χ2v) is 7.62. The van der Waals surface area contributed by atoms with Gasteiger partial charge in [-0.15, -0.1) is 0 Å². The maximum atomic E-state index is 12.8. The summed E-state index contributed by atoms with van der Waals surface area (Å²) in [6.45, 7) is 3.53. The molecule has 8 heteroatoms. The smallest absolute Gasteiger partial charge is 0.347 e. The first-order valence-electron chi connectivity index (χ1n) is 10.1. The molecular formula is C22H24N2O6. The van der Waals surface area contributed by atoms with E-state index in [1.807, 2.05) is 12.2 Å². The molecule has 0 N–H and O–H groups in total. The number of ether oxygens (including phenoxy) is 3. The van der Waals surface area contributed by atoms with E-state index in [9.17, 15) is 14.4 Å². The van der Waals surface area contributed by atoms with Crippen LogP contribution in [0.2, 0.25) is 0 Å². The van der Waals surface area contributed by atoms with Crippen LogP contribution < -0.4 is 9.47 Å². The van der Waals surface area contributed by atoms with Gasteiger partial charge in [0.05, 0.1) is 31.8 Å². The maximum Gasteiger partial charge on any atom is 0.347 e. The van der Waals surface area contributed by atoms with E-state index < -0.39 is 12.1 Å². The van der Waals surface area contributed by atoms with E-state index in [1.54, 1.807) is 32.0 Å². The summed E-state index contributed by atoms with van der Waals surface area (Å²) in [6.07, 6.45) is 5.46. The molecule has 1 aliphatic heterocycles. The highest BCUT2D eigenvalue weighted by molar-refractivity contribution is 6.07. The van der Waals surface area contributed by atoms with E-state index in [0.717, 1.165) is 11.4 Å². The lowest BCUT2D eigenvalue weighted by molar-refractivity contribution is -0.150. The molecule has 0 radical (unpaired) electrons. The van der Waals surface area contributed by atoms with Gasteiger partial charge < -0.3 is 14.2 Å². The Morgan fingerprint density at radius 2 is 1.90 bits per heavy atom. The molecule has 3 aliphatic rings. The van der Waals surface area contributed by atoms with Gasteiger partial charge in [0.2, 0.25) is 0 Å². The molecule has 2 amide bonds. The molecule has 8 nitrogen and oxygen atoms in total. The summed E-state index contributed by atoms with van der Waals surface area (Å²) in [5, 5.41) is 5.16. The van der Waals surface area contributed by atoms with Crippen LogP contribution in [0.15, 0.2) is 35.5 Å². The monoisotopic (exact) mass is 412 g/mol. The lowest BCUT2D eigenvalue weighted by Gasteiger charge is -2.18. The number of nitrogens with zero attached hydrogens (tertiary/aromatic N) is 2. The summed E-state index contributed by atoms with van der Waals surface area (Å²) in [5.74, 6) is -0.725. The predicted octanol–water partition coefficient (Wildman–Crippen LogP) is 2.17. The first kappa shape index (κ1) is 20.1. The van der Waals surface area contributed by atoms with Crippen LogP contribution in [0.4, 0.5) is 0 Å². The number of carbonyl (C=O) groups is 3. The highest BCUT2D eigenvalue weighted by atomic mass is 16.6. The van der Waals surface area contributed by atoms with Crippen molar-refractivity contribution in [2.24, 2.45) is 28.8 Å². The van der Waals surface area contributed by atoms with Crippen LogP contribution in [0.25, 0.3) is 0 Å². The molecule has 0 unspecified atom stereocenters. The molecule has 2 aliphatic carbocycles. The summed E-state index contributed by atoms with van der Waals surface area (Å²) < 4.78 is 16.1. The first-order valence-corrected chi connectivity index (χ1v) is 10.1. The summed E-state index contributed by atoms with van der Waals surface area (Å²) >= 11 is 0. The van der Waals surface area contributed by atoms with E-state index in [2.05, 4.69) is 5.10 Å². The third kappa shape index (κ3) is 3.26. The number of allylic oxidation sites excluding steroid dienone is 2. The molecule has 0 aromatic heterocycles. The Morgan fingerprint density at radius 3 is 2.50 bits per heavy atom. The zero-order valence-corrected chi connectivity index (χ0v) is 17.1. The molecule has 0 spiro atoms. The number of hydrogen-bond donors (Lipinski definition) is 0. The van der Waals surface area contributed by atoms with Crippen molar-refractivity contribution < 1.29 is 28.6 Å². The van der Waals surface area contributed by atoms with Gasteiger partial charge in [0.15, 0.2) is 17.6 Å². The van der Waals surface area contributed by atoms with Gasteiger partial charge in [-0.25, -0.2) is 4.79 Å². The molecular weight excluding hydrogens is 388 g/mol. The highest BCUT2D eigenvalue weighted by Gasteiger charge is 2.59. The zero-order valence-electron chi connectivity index (χ0n) is 17.1. The van der Waals surface area contributed by atoms with Crippen molar-refractivity contribution in [3.05, 3.63) is 35.9 Å². The maximum absolute atomic E-state index is 12.8. The van der Waals surface area contributed by atoms with Gasteiger partial charge in [0.1, 0.15) is 0 Å². The lowest BCUT2D eigenvalue weighted by Crippen LogP contribution is -2.28. The quantitative estimate of drug-likeness (QED) is 0.295. The standard InChI is InChI=1S/C22H24N2O6/c1-4-29-22(27)12(2)30-19-15(6-5-7-16(19)28-3)11-23-24-20(25)17-13-8-9-14(10-13)18(17)21(24)26/h5-9,11-14,17-18H,4,10H2,1-3H3/t12-,13+,14+,17-,18+/m1/s1. The normalized spacial score (nSPS) is 27.6. The van der Waals surface area contributed by atoms with E-state index in [-0.39, 0.29) is 47.8 Å². The lowest BCUT2D eigenvalue weighted by atomic mass is 9.85. The first-order chi connectivity index (χ1) is 14.5. The molecule has 1 saturated carbocycles. The Bertz CT molecular complexity index is 910. The predicted molar refractivity (Wildman–Crippen MR) is 107 cm³/mol. The van der Waals surface area contributed by atoms with Crippen molar-refractivity contribution in [3.8, 4) is 11.5 Å². The van der Waals surface area contributed by atoms with E-state index in [0.29, 0.717) is 11.3 Å². The molecule has 4 rings (SSSR count). The number of hydrogen-bond acceptors (Lipinski definition) is 7. The number of rotatable bonds is 7. The molecule has 158 valence electrons. The second-order valence-electron chi connectivity index (χ2n) is 7.62. The molecule has 30 heavy (non-hydrogen) atoms. The molecule has 2 bridgehead atoms. The molecule has 5 atom stereocenters. The summed E-state index contributed by atoms with van der Waals surface area (Å²) in [5.41, 5.74) is 0.476. The second kappa shape index (κ2) is 7.93. The average Bonchev–Trinajstić information content (AvgIpc) is 3.42. The van der Waals surface area contributed by atoms with Gasteiger partial charge in [0.25, 0.3) is 11.8 Å². The summed E-state index contributed by atoms with van der Waals surface area (Å²) in [4.78, 5) is 37.6. The minimum absolute atomic E-state index is 0.123. The van der Waals surface area contributed by atoms with E-state index >= 15 is 0 Å². The Labute approximate surface area is 174 Å². The number of amides is 2. The number of methoxy groups -OCH3 is 1. The minimum Gasteiger partial charge on any atom is -0.493 e. The van der Waals surface area contributed by atoms with Gasteiger partial charge in [-0.05, 0) is 44.2 Å². The number of esters is 1. The van der Waals surface area contributed by atoms with E-state index in [1.165, 1.54) is 13.3 Å². The van der Waals surface area contributed by atoms with Crippen LogP contribution in [0.5, 0.6) is 11.5 Å². The zero-order chi connectivity index (χ0) is 21.4. The van der Waals surface area contributed by atoms with E-state index in [4.69, 9.17) is 14.2 Å². The molecule has 1 heterocycles. The number of benzene rings is 1. The third-order valence-electron chi connectivity index (χ3n) is 5.90. The molecule has 1 aromatic carbocycles. The van der Waals surface area contributed by atoms with Gasteiger partial charge in [-0.1, -0.05) is 18.2 Å². The third-order valence-corrected chi connectivity index (χ3v) is 5.90. The average molecular weight is 412 g/mol. The number of fused-ring (bicyclic) bond motifs is 5. The Kier molecular flexibility index (Phi) is 5.32. The fourth-order valence-corrected chi connectivity index (χ4v) is 4.53. The van der Waals surface area contributed by atoms with Gasteiger partial charge >= 0.3 is 5.97 Å². The summed E-state index contributed by atoms with van der Waals surface area (Å²) in [7, 11) is 1.48. The molecule has 1 saturated heterocycles. The number of carbonyl (C=O) groups excluding carboxylic acids is 3. The van der Waals surface area contributed by atoms with Gasteiger partial charge in [-0.3, -0.25) is 9.59 Å². The van der Waals surface area contributed by atoms with Crippen LogP contribution in [-0.2, 0) is 19.1 Å². The van der Waals surface area contributed by atoms with Crippen molar-refractivity contribution in [1.82, 2.24) is 5.01 Å². The SMILES string of the molecule is CCOC(=O)[C@@H](C)Oc1c(C=NN2C(=O)[C@@H]3[C@H](C2=O)[C@H]2C=C[C@H]3C2)cccc1OC.